The van der Waals surface area contributed by atoms with E-state index in [0.29, 0.717) is 28.4 Å². The molecule has 0 amide bonds. The number of nitrogens with zero attached hydrogens (tertiary/aromatic N) is 3. The van der Waals surface area contributed by atoms with Gasteiger partial charge in [-0.2, -0.15) is 0 Å². The van der Waals surface area contributed by atoms with Gasteiger partial charge in [-0.25, -0.2) is 0 Å². The molecule has 0 saturated carbocycles. The molecule has 0 aliphatic carbocycles. The molecule has 2 aromatic carbocycles. The first-order valence-corrected chi connectivity index (χ1v) is 8.18. The zero-order valence-corrected chi connectivity index (χ0v) is 14.2. The Hall–Kier alpha value is -3.38. The third-order valence-electron chi connectivity index (χ3n) is 3.49. The van der Waals surface area contributed by atoms with Gasteiger partial charge in [-0.3, -0.25) is 4.98 Å². The Morgan fingerprint density at radius 1 is 0.885 bits per heavy atom. The maximum atomic E-state index is 5.87. The van der Waals surface area contributed by atoms with Crippen LogP contribution in [0.5, 0.6) is 11.5 Å². The number of hydrogen-bond acceptors (Lipinski definition) is 6. The van der Waals surface area contributed by atoms with Gasteiger partial charge in [-0.1, -0.05) is 16.7 Å². The number of nitrogens with one attached hydrogen (secondary N) is 1. The number of rotatable bonds is 5. The summed E-state index contributed by atoms with van der Waals surface area (Å²) in [5.41, 5.74) is 1.60. The van der Waals surface area contributed by atoms with Gasteiger partial charge >= 0.3 is 6.01 Å². The smallest absolute Gasteiger partial charge is 0.320 e. The summed E-state index contributed by atoms with van der Waals surface area (Å²) < 4.78 is 11.4. The third-order valence-corrected chi connectivity index (χ3v) is 3.74. The summed E-state index contributed by atoms with van der Waals surface area (Å²) in [6.07, 6.45) is 3.35. The number of benzene rings is 2. The van der Waals surface area contributed by atoms with Crippen molar-refractivity contribution < 1.29 is 9.15 Å². The van der Waals surface area contributed by atoms with Crippen molar-refractivity contribution in [2.45, 2.75) is 0 Å². The minimum absolute atomic E-state index is 0.304. The van der Waals surface area contributed by atoms with Gasteiger partial charge in [0.25, 0.3) is 0 Å². The summed E-state index contributed by atoms with van der Waals surface area (Å²) >= 11 is 5.87. The maximum Gasteiger partial charge on any atom is 0.320 e. The molecule has 0 spiro atoms. The van der Waals surface area contributed by atoms with Crippen LogP contribution < -0.4 is 10.1 Å². The van der Waals surface area contributed by atoms with Crippen molar-refractivity contribution in [3.8, 4) is 23.0 Å². The lowest BCUT2D eigenvalue weighted by molar-refractivity contribution is 0.480. The van der Waals surface area contributed by atoms with E-state index in [1.165, 1.54) is 0 Å². The Morgan fingerprint density at radius 3 is 2.42 bits per heavy atom. The van der Waals surface area contributed by atoms with E-state index in [-0.39, 0.29) is 0 Å². The van der Waals surface area contributed by atoms with Gasteiger partial charge in [-0.05, 0) is 60.7 Å². The lowest BCUT2D eigenvalue weighted by Crippen LogP contribution is -1.89. The summed E-state index contributed by atoms with van der Waals surface area (Å²) in [7, 11) is 0. The topological polar surface area (TPSA) is 73.1 Å². The van der Waals surface area contributed by atoms with Crippen LogP contribution in [-0.2, 0) is 0 Å². The van der Waals surface area contributed by atoms with Crippen LogP contribution in [-0.4, -0.2) is 15.2 Å². The van der Waals surface area contributed by atoms with Gasteiger partial charge < -0.3 is 14.5 Å². The van der Waals surface area contributed by atoms with Crippen molar-refractivity contribution in [2.75, 3.05) is 5.32 Å². The largest absolute Gasteiger partial charge is 0.456 e. The standard InChI is InChI=1S/C19H13ClN4O2/c20-14-5-7-15(8-6-14)22-19-24-23-18(26-19)13-3-9-16(10-4-13)25-17-2-1-11-21-12-17/h1-12H,(H,22,24). The van der Waals surface area contributed by atoms with E-state index in [2.05, 4.69) is 20.5 Å². The SMILES string of the molecule is Clc1ccc(Nc2nnc(-c3ccc(Oc4cccnc4)cc3)o2)cc1. The molecule has 0 fully saturated rings. The van der Waals surface area contributed by atoms with E-state index >= 15 is 0 Å². The zero-order valence-electron chi connectivity index (χ0n) is 13.5. The first-order valence-electron chi connectivity index (χ1n) is 7.81. The van der Waals surface area contributed by atoms with Crippen LogP contribution in [0.4, 0.5) is 11.7 Å². The molecule has 6 nitrogen and oxygen atoms in total. The predicted molar refractivity (Wildman–Crippen MR) is 98.8 cm³/mol. The van der Waals surface area contributed by atoms with Crippen molar-refractivity contribution in [2.24, 2.45) is 0 Å². The average molecular weight is 365 g/mol. The van der Waals surface area contributed by atoms with E-state index in [1.54, 1.807) is 24.5 Å². The van der Waals surface area contributed by atoms with Crippen LogP contribution in [0.1, 0.15) is 0 Å². The summed E-state index contributed by atoms with van der Waals surface area (Å²) in [6.45, 7) is 0. The number of halogens is 1. The van der Waals surface area contributed by atoms with Gasteiger partial charge in [0.2, 0.25) is 5.89 Å². The third kappa shape index (κ3) is 3.81. The van der Waals surface area contributed by atoms with Crippen molar-refractivity contribution >= 4 is 23.3 Å². The van der Waals surface area contributed by atoms with E-state index in [4.69, 9.17) is 20.8 Å². The second-order valence-electron chi connectivity index (χ2n) is 5.36. The molecule has 0 unspecified atom stereocenters. The van der Waals surface area contributed by atoms with Crippen LogP contribution in [0.25, 0.3) is 11.5 Å². The highest BCUT2D eigenvalue weighted by Gasteiger charge is 2.09. The van der Waals surface area contributed by atoms with Gasteiger partial charge in [0.1, 0.15) is 11.5 Å². The fraction of sp³-hybridized carbons (Fsp3) is 0. The predicted octanol–water partition coefficient (Wildman–Crippen LogP) is 5.32. The van der Waals surface area contributed by atoms with Crippen LogP contribution >= 0.6 is 11.6 Å². The molecule has 26 heavy (non-hydrogen) atoms. The van der Waals surface area contributed by atoms with Crippen molar-refractivity contribution in [3.05, 3.63) is 78.1 Å². The van der Waals surface area contributed by atoms with Crippen molar-refractivity contribution in [1.29, 1.82) is 0 Å². The molecule has 1 N–H and O–H groups in total. The fourth-order valence-corrected chi connectivity index (χ4v) is 2.38. The lowest BCUT2D eigenvalue weighted by atomic mass is 10.2. The maximum absolute atomic E-state index is 5.87. The molecule has 128 valence electrons. The fourth-order valence-electron chi connectivity index (χ4n) is 2.26. The molecule has 2 heterocycles. The molecule has 0 aliphatic heterocycles. The highest BCUT2D eigenvalue weighted by atomic mass is 35.5. The van der Waals surface area contributed by atoms with Crippen molar-refractivity contribution in [3.63, 3.8) is 0 Å². The second kappa shape index (κ2) is 7.25. The number of aromatic nitrogens is 3. The lowest BCUT2D eigenvalue weighted by Gasteiger charge is -2.05. The number of pyridine rings is 1. The Bertz CT molecular complexity index is 986. The normalized spacial score (nSPS) is 10.5. The minimum Gasteiger partial charge on any atom is -0.456 e. The summed E-state index contributed by atoms with van der Waals surface area (Å²) in [6, 6.07) is 18.6. The van der Waals surface area contributed by atoms with Crippen LogP contribution in [0.15, 0.2) is 77.5 Å². The molecule has 0 bridgehead atoms. The van der Waals surface area contributed by atoms with E-state index < -0.39 is 0 Å². The second-order valence-corrected chi connectivity index (χ2v) is 5.80. The quantitative estimate of drug-likeness (QED) is 0.516. The first-order chi connectivity index (χ1) is 12.8. The van der Waals surface area contributed by atoms with E-state index in [9.17, 15) is 0 Å². The van der Waals surface area contributed by atoms with Crippen LogP contribution in [0.2, 0.25) is 5.02 Å². The highest BCUT2D eigenvalue weighted by molar-refractivity contribution is 6.30. The summed E-state index contributed by atoms with van der Waals surface area (Å²) in [5, 5.41) is 11.8. The molecule has 0 atom stereocenters. The summed E-state index contributed by atoms with van der Waals surface area (Å²) in [5.74, 6) is 1.78. The Kier molecular flexibility index (Phi) is 4.49. The molecular formula is C19H13ClN4O2. The number of ether oxygens (including phenoxy) is 1. The van der Waals surface area contributed by atoms with Gasteiger partial charge in [0.05, 0.1) is 6.20 Å². The zero-order chi connectivity index (χ0) is 17.8. The molecule has 4 rings (SSSR count). The Labute approximate surface area is 154 Å². The highest BCUT2D eigenvalue weighted by Crippen LogP contribution is 2.26. The molecule has 2 aromatic heterocycles. The monoisotopic (exact) mass is 364 g/mol. The Morgan fingerprint density at radius 2 is 1.69 bits per heavy atom. The van der Waals surface area contributed by atoms with Gasteiger partial charge in [0.15, 0.2) is 0 Å². The molecule has 0 saturated heterocycles. The number of anilines is 2. The molecule has 0 radical (unpaired) electrons. The molecule has 0 aliphatic rings. The molecule has 7 heteroatoms. The van der Waals surface area contributed by atoms with Crippen LogP contribution in [0, 0.1) is 0 Å². The van der Waals surface area contributed by atoms with Gasteiger partial charge in [0, 0.05) is 22.5 Å². The molecule has 4 aromatic rings. The van der Waals surface area contributed by atoms with Crippen molar-refractivity contribution in [1.82, 2.24) is 15.2 Å². The minimum atomic E-state index is 0.304. The van der Waals surface area contributed by atoms with Gasteiger partial charge in [-0.15, -0.1) is 5.10 Å². The Balaban J connectivity index is 1.46. The summed E-state index contributed by atoms with van der Waals surface area (Å²) in [4.78, 5) is 4.02. The van der Waals surface area contributed by atoms with E-state index in [0.717, 1.165) is 11.3 Å². The molecular weight excluding hydrogens is 352 g/mol. The number of hydrogen-bond donors (Lipinski definition) is 1. The van der Waals surface area contributed by atoms with Crippen LogP contribution in [0.3, 0.4) is 0 Å². The first kappa shape index (κ1) is 16.1. The average Bonchev–Trinajstić information content (AvgIpc) is 3.14. The van der Waals surface area contributed by atoms with E-state index in [1.807, 2.05) is 48.5 Å².